The van der Waals surface area contributed by atoms with E-state index in [0.29, 0.717) is 6.42 Å². The maximum absolute atomic E-state index is 14.8. The van der Waals surface area contributed by atoms with Crippen LogP contribution in [-0.4, -0.2) is 96.4 Å². The lowest BCUT2D eigenvalue weighted by Gasteiger charge is -2.37. The van der Waals surface area contributed by atoms with E-state index >= 15 is 0 Å². The summed E-state index contributed by atoms with van der Waals surface area (Å²) < 4.78 is 6.55. The number of phenolic OH excluding ortho intramolecular Hbond substituents is 3. The summed E-state index contributed by atoms with van der Waals surface area (Å²) >= 11 is 0. The van der Waals surface area contributed by atoms with E-state index in [2.05, 4.69) is 10.6 Å². The number of ether oxygens (including phenoxy) is 1. The first-order valence-electron chi connectivity index (χ1n) is 19.5. The summed E-state index contributed by atoms with van der Waals surface area (Å²) in [6.07, 6.45) is -0.682. The largest absolute Gasteiger partial charge is 0.507 e. The van der Waals surface area contributed by atoms with Crippen LogP contribution in [0.5, 0.6) is 23.0 Å². The zero-order valence-corrected chi connectivity index (χ0v) is 33.9. The van der Waals surface area contributed by atoms with Crippen molar-refractivity contribution in [3.05, 3.63) is 87.3 Å². The maximum atomic E-state index is 14.8. The number of benzene rings is 5. The first-order valence-corrected chi connectivity index (χ1v) is 19.5. The molecule has 7 rings (SSSR count). The molecule has 7 N–H and O–H groups in total. The van der Waals surface area contributed by atoms with Crippen molar-refractivity contribution in [3.63, 3.8) is 0 Å². The number of carbonyl (C=O) groups is 5. The number of phenols is 3. The summed E-state index contributed by atoms with van der Waals surface area (Å²) in [4.78, 5) is 134. The number of carboxylic acids is 2. The van der Waals surface area contributed by atoms with Crippen LogP contribution in [0.25, 0.3) is 53.9 Å². The van der Waals surface area contributed by atoms with E-state index in [4.69, 9.17) is 9.84 Å². The molecule has 5 aromatic carbocycles. The molecule has 0 saturated carbocycles. The molecule has 6 aromatic rings. The molecule has 20 heteroatoms. The Bertz CT molecular complexity index is 3330. The summed E-state index contributed by atoms with van der Waals surface area (Å²) in [5, 5.41) is 53.0. The van der Waals surface area contributed by atoms with Gasteiger partial charge in [0.25, 0.3) is 5.56 Å². The lowest BCUT2D eigenvalue weighted by atomic mass is 9.91. The Morgan fingerprint density at radius 2 is 1.40 bits per heavy atom. The minimum atomic E-state index is -1.64. The fourth-order valence-corrected chi connectivity index (χ4v) is 8.34. The molecule has 326 valence electrons. The summed E-state index contributed by atoms with van der Waals surface area (Å²) in [7, 11) is 1.14. The second-order valence-corrected chi connectivity index (χ2v) is 15.4. The molecule has 0 radical (unpaired) electrons. The molecule has 20 nitrogen and oxygen atoms in total. The number of hydrogen-bond acceptors (Lipinski definition) is 14. The third kappa shape index (κ3) is 6.79. The zero-order chi connectivity index (χ0) is 46.1. The summed E-state index contributed by atoms with van der Waals surface area (Å²) in [5.74, 6) is -8.81. The van der Waals surface area contributed by atoms with Crippen LogP contribution in [0, 0.1) is 0 Å². The lowest BCUT2D eigenvalue weighted by molar-refractivity contribution is -0.148. The monoisotopic (exact) mass is 866 g/mol. The highest BCUT2D eigenvalue weighted by atomic mass is 16.5. The maximum Gasteiger partial charge on any atom is 0.326 e. The highest BCUT2D eigenvalue weighted by Gasteiger charge is 2.39. The van der Waals surface area contributed by atoms with Gasteiger partial charge in [0.05, 0.1) is 40.6 Å². The molecule has 0 spiro atoms. The van der Waals surface area contributed by atoms with Crippen LogP contribution in [0.3, 0.4) is 0 Å². The minimum Gasteiger partial charge on any atom is -0.507 e. The van der Waals surface area contributed by atoms with Gasteiger partial charge in [0.2, 0.25) is 23.2 Å². The Labute approximate surface area is 351 Å². The van der Waals surface area contributed by atoms with Crippen molar-refractivity contribution in [3.8, 4) is 23.0 Å². The molecule has 0 aliphatic carbocycles. The Balaban J connectivity index is 1.42. The van der Waals surface area contributed by atoms with Crippen molar-refractivity contribution >= 4 is 83.5 Å². The number of hydrogen-bond donors (Lipinski definition) is 7. The van der Waals surface area contributed by atoms with Gasteiger partial charge in [0, 0.05) is 39.0 Å². The van der Waals surface area contributed by atoms with Crippen molar-refractivity contribution in [1.29, 1.82) is 0 Å². The van der Waals surface area contributed by atoms with Gasteiger partial charge in [0.15, 0.2) is 16.3 Å². The Kier molecular flexibility index (Phi) is 10.9. The molecule has 3 unspecified atom stereocenters. The Hall–Kier alpha value is -7.90. The van der Waals surface area contributed by atoms with E-state index in [1.165, 1.54) is 25.1 Å². The molecule has 0 bridgehead atoms. The number of piperazine rings is 1. The molecular formula is C43H38N4O16. The van der Waals surface area contributed by atoms with Crippen LogP contribution in [0.4, 0.5) is 0 Å². The quantitative estimate of drug-likeness (QED) is 0.0536. The van der Waals surface area contributed by atoms with E-state index in [-0.39, 0.29) is 27.6 Å². The van der Waals surface area contributed by atoms with Crippen molar-refractivity contribution in [1.82, 2.24) is 20.1 Å². The van der Waals surface area contributed by atoms with Crippen LogP contribution >= 0.6 is 0 Å². The van der Waals surface area contributed by atoms with Gasteiger partial charge in [-0.1, -0.05) is 13.8 Å². The van der Waals surface area contributed by atoms with Gasteiger partial charge in [-0.2, -0.15) is 0 Å². The van der Waals surface area contributed by atoms with Crippen molar-refractivity contribution in [2.24, 2.45) is 0 Å². The number of pyridine rings is 1. The molecule has 1 fully saturated rings. The van der Waals surface area contributed by atoms with Crippen LogP contribution in [-0.2, 0) is 30.5 Å². The summed E-state index contributed by atoms with van der Waals surface area (Å²) in [5.41, 5.74) is -4.90. The first-order chi connectivity index (χ1) is 29.7. The smallest absolute Gasteiger partial charge is 0.326 e. The number of aliphatic carboxylic acids is 2. The summed E-state index contributed by atoms with van der Waals surface area (Å²) in [6.45, 7) is 3.51. The van der Waals surface area contributed by atoms with Gasteiger partial charge in [0.1, 0.15) is 47.7 Å². The molecule has 63 heavy (non-hydrogen) atoms. The number of carbonyl (C=O) groups excluding carboxylic acids is 3. The van der Waals surface area contributed by atoms with Gasteiger partial charge < -0.3 is 50.4 Å². The fraction of sp³-hybridized carbons (Fsp3) is 0.302. The normalized spacial score (nSPS) is 16.4. The minimum absolute atomic E-state index is 0.141. The third-order valence-electron chi connectivity index (χ3n) is 11.8. The number of carboxylic acid groups (broad SMARTS) is 2. The van der Waals surface area contributed by atoms with Gasteiger partial charge in [-0.3, -0.25) is 43.2 Å². The number of amides is 3. The Morgan fingerprint density at radius 3 is 1.98 bits per heavy atom. The van der Waals surface area contributed by atoms with Gasteiger partial charge in [-0.05, 0) is 56.0 Å². The lowest BCUT2D eigenvalue weighted by Crippen LogP contribution is -2.65. The van der Waals surface area contributed by atoms with Crippen molar-refractivity contribution in [2.45, 2.75) is 70.6 Å². The number of methoxy groups -OCH3 is 1. The van der Waals surface area contributed by atoms with Crippen LogP contribution in [0.1, 0.15) is 51.6 Å². The molecule has 4 atom stereocenters. The second-order valence-electron chi connectivity index (χ2n) is 15.4. The van der Waals surface area contributed by atoms with E-state index in [0.717, 1.165) is 28.7 Å². The summed E-state index contributed by atoms with van der Waals surface area (Å²) in [6, 6.07) is 1.29. The predicted octanol–water partition coefficient (Wildman–Crippen LogP) is 0.719. The zero-order valence-electron chi connectivity index (χ0n) is 33.9. The number of fused-ring (bicyclic) bond motifs is 6. The highest BCUT2D eigenvalue weighted by molar-refractivity contribution is 6.24. The van der Waals surface area contributed by atoms with E-state index in [9.17, 15) is 68.4 Å². The molecule has 1 aliphatic heterocycles. The van der Waals surface area contributed by atoms with Gasteiger partial charge in [-0.25, -0.2) is 4.79 Å². The predicted molar refractivity (Wildman–Crippen MR) is 225 cm³/mol. The van der Waals surface area contributed by atoms with Gasteiger partial charge >= 0.3 is 11.9 Å². The number of aromatic nitrogens is 1. The molecule has 2 heterocycles. The fourth-order valence-electron chi connectivity index (χ4n) is 8.34. The molecule has 1 saturated heterocycles. The van der Waals surface area contributed by atoms with Crippen molar-refractivity contribution in [2.75, 3.05) is 13.7 Å². The number of aromatic hydroxyl groups is 3. The molecule has 3 amide bonds. The highest BCUT2D eigenvalue weighted by Crippen LogP contribution is 2.46. The molecule has 1 aromatic heterocycles. The Morgan fingerprint density at radius 1 is 0.810 bits per heavy atom. The first kappa shape index (κ1) is 43.2. The van der Waals surface area contributed by atoms with Crippen LogP contribution in [0.2, 0.25) is 0 Å². The number of rotatable bonds is 11. The van der Waals surface area contributed by atoms with Crippen molar-refractivity contribution < 1.29 is 54.2 Å². The standard InChI is InChI=1S/C43H38N4O16/c1-5-15(2)22-12-19-29(42(60)47(22)14-25(50)46-13-21(45-40(58)16(46)3)41(59)44-20(43(61)62)8-11-26(51)52)35(54)27-17(34(19)53)6-7-18-28(27)36(55)32-33(39(18)63-4)38(57)31-24(49)10-9-23(48)30(31)37(32)56/h6-7,9-10,12,15-16,20-21,53,56-57H,5,8,11,13-14H2,1-4H3,(H,44,59)(H,45,58)(H,51,52)(H,61,62)/t15?,16?,20-,21?/m0/s1. The van der Waals surface area contributed by atoms with Crippen LogP contribution in [0.15, 0.2) is 54.3 Å². The average molecular weight is 867 g/mol. The van der Waals surface area contributed by atoms with E-state index in [1.807, 2.05) is 0 Å². The average Bonchev–Trinajstić information content (AvgIpc) is 3.24. The third-order valence-corrected chi connectivity index (χ3v) is 11.8. The SMILES string of the molecule is CCC(C)c1cc2c(O)c3ccc4c(OC)c5c(O)c6c(=O)ccc(=O)c6c(O)c5c(=O)c4c3c(=O)c2c(=O)n1CC(=O)N1CC(C(=O)N[C@@H](CCC(=O)O)C(=O)O)NC(=O)C1C. The second kappa shape index (κ2) is 15.9. The topological polar surface area (TPSA) is 313 Å². The molecular weight excluding hydrogens is 828 g/mol. The van der Waals surface area contributed by atoms with Gasteiger partial charge in [-0.15, -0.1) is 0 Å². The van der Waals surface area contributed by atoms with E-state index in [1.54, 1.807) is 13.8 Å². The molecule has 1 aliphatic rings. The van der Waals surface area contributed by atoms with E-state index < -0.39 is 162 Å². The van der Waals surface area contributed by atoms with Crippen LogP contribution < -0.4 is 42.6 Å². The number of nitrogens with one attached hydrogen (secondary N) is 2. The number of nitrogens with zero attached hydrogens (tertiary/aromatic N) is 2.